The van der Waals surface area contributed by atoms with Crippen LogP contribution in [0.5, 0.6) is 5.75 Å². The van der Waals surface area contributed by atoms with Gasteiger partial charge in [-0.05, 0) is 32.2 Å². The highest BCUT2D eigenvalue weighted by Crippen LogP contribution is 2.33. The van der Waals surface area contributed by atoms with Crippen molar-refractivity contribution in [2.24, 2.45) is 9.98 Å². The van der Waals surface area contributed by atoms with Gasteiger partial charge in [0.1, 0.15) is 23.6 Å². The second kappa shape index (κ2) is 8.96. The molecule has 3 heterocycles. The molecule has 32 heavy (non-hydrogen) atoms. The van der Waals surface area contributed by atoms with Gasteiger partial charge in [0.15, 0.2) is 5.69 Å². The Morgan fingerprint density at radius 3 is 2.91 bits per heavy atom. The number of ether oxygens (including phenoxy) is 1. The molecule has 0 bridgehead atoms. The van der Waals surface area contributed by atoms with Crippen LogP contribution in [0.15, 0.2) is 46.1 Å². The van der Waals surface area contributed by atoms with Gasteiger partial charge in [-0.15, -0.1) is 0 Å². The fourth-order valence-corrected chi connectivity index (χ4v) is 4.13. The van der Waals surface area contributed by atoms with Crippen molar-refractivity contribution >= 4 is 42.0 Å². The van der Waals surface area contributed by atoms with Crippen molar-refractivity contribution in [2.75, 3.05) is 25.1 Å². The molecule has 10 heteroatoms. The maximum Gasteiger partial charge on any atom is 0.275 e. The number of aliphatic imine (C=N–C) groups is 2. The van der Waals surface area contributed by atoms with Crippen molar-refractivity contribution in [3.63, 3.8) is 0 Å². The van der Waals surface area contributed by atoms with Gasteiger partial charge < -0.3 is 14.5 Å². The molecule has 0 aliphatic carbocycles. The van der Waals surface area contributed by atoms with E-state index < -0.39 is 6.04 Å². The highest BCUT2D eigenvalue weighted by Gasteiger charge is 2.40. The monoisotopic (exact) mass is 454 g/mol. The molecule has 0 N–H and O–H groups in total. The van der Waals surface area contributed by atoms with Crippen molar-refractivity contribution in [2.45, 2.75) is 25.9 Å². The Balaban J connectivity index is 1.60. The number of allylic oxidation sites excluding steroid dienone is 1. The number of benzene rings is 1. The SMILES string of the molecule is C=N/C(=C\N=CC)Cn1nc2c(c1Cl)CCN([C@H]1COc3ccccc3N(C)C1=O)C2=O. The van der Waals surface area contributed by atoms with Gasteiger partial charge in [0.05, 0.1) is 17.9 Å². The van der Waals surface area contributed by atoms with Gasteiger partial charge in [0.25, 0.3) is 11.8 Å². The second-order valence-corrected chi connectivity index (χ2v) is 7.76. The van der Waals surface area contributed by atoms with Crippen LogP contribution in [0, 0.1) is 0 Å². The largest absolute Gasteiger partial charge is 0.489 e. The van der Waals surface area contributed by atoms with Crippen LogP contribution in [-0.2, 0) is 17.8 Å². The van der Waals surface area contributed by atoms with E-state index in [1.165, 1.54) is 14.5 Å². The Hall–Kier alpha value is -3.46. The molecule has 2 aliphatic heterocycles. The van der Waals surface area contributed by atoms with Gasteiger partial charge in [-0.25, -0.2) is 4.68 Å². The highest BCUT2D eigenvalue weighted by atomic mass is 35.5. The number of carbonyl (C=O) groups excluding carboxylic acids is 2. The Morgan fingerprint density at radius 2 is 2.16 bits per heavy atom. The summed E-state index contributed by atoms with van der Waals surface area (Å²) < 4.78 is 7.38. The number of para-hydroxylation sites is 2. The first-order valence-electron chi connectivity index (χ1n) is 10.1. The number of amides is 2. The number of aromatic nitrogens is 2. The molecule has 166 valence electrons. The Kier molecular flexibility index (Phi) is 6.09. The number of carbonyl (C=O) groups is 2. The van der Waals surface area contributed by atoms with E-state index in [2.05, 4.69) is 21.8 Å². The first kappa shape index (κ1) is 21.8. The van der Waals surface area contributed by atoms with Crippen molar-refractivity contribution in [3.8, 4) is 5.75 Å². The van der Waals surface area contributed by atoms with Gasteiger partial charge in [0, 0.05) is 31.6 Å². The number of fused-ring (bicyclic) bond motifs is 2. The molecule has 2 amide bonds. The summed E-state index contributed by atoms with van der Waals surface area (Å²) in [5.41, 5.74) is 2.12. The van der Waals surface area contributed by atoms with E-state index in [4.69, 9.17) is 16.3 Å². The van der Waals surface area contributed by atoms with Crippen LogP contribution in [0.1, 0.15) is 23.0 Å². The minimum atomic E-state index is -0.763. The summed E-state index contributed by atoms with van der Waals surface area (Å²) in [6, 6.07) is 6.54. The fraction of sp³-hybridized carbons (Fsp3) is 0.318. The lowest BCUT2D eigenvalue weighted by atomic mass is 10.0. The molecule has 2 aromatic rings. The average molecular weight is 455 g/mol. The second-order valence-electron chi connectivity index (χ2n) is 7.40. The van der Waals surface area contributed by atoms with Crippen molar-refractivity contribution in [1.29, 1.82) is 0 Å². The summed E-state index contributed by atoms with van der Waals surface area (Å²) in [4.78, 5) is 37.6. The predicted molar refractivity (Wildman–Crippen MR) is 123 cm³/mol. The molecule has 1 aromatic carbocycles. The normalized spacial score (nSPS) is 19.0. The lowest BCUT2D eigenvalue weighted by Gasteiger charge is -2.33. The molecule has 2 aliphatic rings. The smallest absolute Gasteiger partial charge is 0.275 e. The molecule has 0 fully saturated rings. The first-order chi connectivity index (χ1) is 15.5. The third kappa shape index (κ3) is 3.80. The number of halogens is 1. The van der Waals surface area contributed by atoms with Gasteiger partial charge in [-0.2, -0.15) is 5.10 Å². The van der Waals surface area contributed by atoms with E-state index in [1.807, 2.05) is 18.2 Å². The quantitative estimate of drug-likeness (QED) is 0.649. The Bertz CT molecular complexity index is 1140. The fourth-order valence-electron chi connectivity index (χ4n) is 3.85. The number of nitrogens with zero attached hydrogens (tertiary/aromatic N) is 6. The lowest BCUT2D eigenvalue weighted by molar-refractivity contribution is -0.123. The standard InChI is InChI=1S/C22H23ClN6O3/c1-4-25-11-14(24-2)12-29-20(23)15-9-10-28(22(31)19(15)26-29)17-13-32-18-8-6-5-7-16(18)27(3)21(17)30/h4-8,11,17H,2,9-10,12-13H2,1,3H3/b14-11-,25-4?/t17-/m0/s1. The highest BCUT2D eigenvalue weighted by molar-refractivity contribution is 6.31. The van der Waals surface area contributed by atoms with Crippen molar-refractivity contribution in [1.82, 2.24) is 14.7 Å². The Labute approximate surface area is 190 Å². The number of hydrogen-bond acceptors (Lipinski definition) is 6. The number of anilines is 1. The summed E-state index contributed by atoms with van der Waals surface area (Å²) in [5, 5.41) is 4.80. The van der Waals surface area contributed by atoms with Crippen LogP contribution in [0.2, 0.25) is 5.15 Å². The van der Waals surface area contributed by atoms with Crippen LogP contribution in [0.25, 0.3) is 0 Å². The number of likely N-dealkylation sites (N-methyl/N-ethyl adjacent to an activating group) is 1. The zero-order valence-electron chi connectivity index (χ0n) is 17.9. The van der Waals surface area contributed by atoms with E-state index in [9.17, 15) is 9.59 Å². The van der Waals surface area contributed by atoms with Gasteiger partial charge in [0.2, 0.25) is 0 Å². The van der Waals surface area contributed by atoms with Crippen LogP contribution in [-0.4, -0.2) is 65.7 Å². The number of rotatable bonds is 5. The van der Waals surface area contributed by atoms with Crippen LogP contribution < -0.4 is 9.64 Å². The Morgan fingerprint density at radius 1 is 1.38 bits per heavy atom. The first-order valence-corrected chi connectivity index (χ1v) is 10.5. The topological polar surface area (TPSA) is 92.4 Å². The van der Waals surface area contributed by atoms with E-state index >= 15 is 0 Å². The van der Waals surface area contributed by atoms with Crippen molar-refractivity contribution in [3.05, 3.63) is 52.6 Å². The summed E-state index contributed by atoms with van der Waals surface area (Å²) in [5.74, 6) is 0.0435. The third-order valence-corrected chi connectivity index (χ3v) is 5.97. The van der Waals surface area contributed by atoms with Gasteiger partial charge >= 0.3 is 0 Å². The predicted octanol–water partition coefficient (Wildman–Crippen LogP) is 2.59. The molecule has 0 unspecified atom stereocenters. The minimum absolute atomic E-state index is 0.0675. The lowest BCUT2D eigenvalue weighted by Crippen LogP contribution is -2.54. The molecule has 0 saturated carbocycles. The maximum absolute atomic E-state index is 13.3. The van der Waals surface area contributed by atoms with Gasteiger partial charge in [-0.1, -0.05) is 23.7 Å². The zero-order valence-corrected chi connectivity index (χ0v) is 18.6. The molecule has 4 rings (SSSR count). The van der Waals surface area contributed by atoms with E-state index in [1.54, 1.807) is 32.5 Å². The molecule has 0 radical (unpaired) electrons. The summed E-state index contributed by atoms with van der Waals surface area (Å²) in [6.07, 6.45) is 3.67. The van der Waals surface area contributed by atoms with Crippen molar-refractivity contribution < 1.29 is 14.3 Å². The van der Waals surface area contributed by atoms with Crippen LogP contribution in [0.3, 0.4) is 0 Å². The maximum atomic E-state index is 13.3. The van der Waals surface area contributed by atoms with E-state index in [0.717, 1.165) is 0 Å². The molecule has 9 nitrogen and oxygen atoms in total. The van der Waals surface area contributed by atoms with E-state index in [0.29, 0.717) is 40.8 Å². The average Bonchev–Trinajstić information content (AvgIpc) is 3.06. The van der Waals surface area contributed by atoms with Crippen LogP contribution >= 0.6 is 11.6 Å². The number of hydrogen-bond donors (Lipinski definition) is 0. The van der Waals surface area contributed by atoms with Crippen LogP contribution in [0.4, 0.5) is 5.69 Å². The zero-order chi connectivity index (χ0) is 22.8. The molecule has 1 atom stereocenters. The molecule has 1 aromatic heterocycles. The summed E-state index contributed by atoms with van der Waals surface area (Å²) in [7, 11) is 1.68. The minimum Gasteiger partial charge on any atom is -0.489 e. The molecule has 0 spiro atoms. The molecule has 0 saturated heterocycles. The van der Waals surface area contributed by atoms with Gasteiger partial charge in [-0.3, -0.25) is 19.6 Å². The molecular formula is C22H23ClN6O3. The third-order valence-electron chi connectivity index (χ3n) is 5.55. The molecular weight excluding hydrogens is 432 g/mol. The van der Waals surface area contributed by atoms with E-state index in [-0.39, 0.29) is 30.7 Å². The summed E-state index contributed by atoms with van der Waals surface area (Å²) in [6.45, 7) is 5.96. The summed E-state index contributed by atoms with van der Waals surface area (Å²) >= 11 is 6.52.